The number of hydrogen-bond acceptors (Lipinski definition) is 4. The molecule has 1 aliphatic heterocycles. The van der Waals surface area contributed by atoms with Crippen LogP contribution < -0.4 is 4.74 Å². The minimum absolute atomic E-state index is 0.326. The molecule has 0 aromatic heterocycles. The van der Waals surface area contributed by atoms with Crippen LogP contribution >= 0.6 is 0 Å². The molecule has 2 atom stereocenters. The number of methoxy groups -OCH3 is 1. The number of benzene rings is 2. The van der Waals surface area contributed by atoms with Crippen LogP contribution in [0, 0.1) is 0 Å². The molecule has 0 saturated carbocycles. The zero-order valence-corrected chi connectivity index (χ0v) is 12.6. The third-order valence-electron chi connectivity index (χ3n) is 3.82. The Morgan fingerprint density at radius 3 is 2.41 bits per heavy atom. The first-order valence-corrected chi connectivity index (χ1v) is 7.27. The zero-order chi connectivity index (χ0) is 15.6. The van der Waals surface area contributed by atoms with Gasteiger partial charge in [-0.15, -0.1) is 0 Å². The molecular weight excluding hydrogens is 280 g/mol. The first-order chi connectivity index (χ1) is 10.7. The molecule has 1 fully saturated rings. The molecule has 0 bridgehead atoms. The quantitative estimate of drug-likeness (QED) is 0.628. The van der Waals surface area contributed by atoms with Crippen molar-refractivity contribution < 1.29 is 19.0 Å². The minimum Gasteiger partial charge on any atom is -0.497 e. The van der Waals surface area contributed by atoms with Crippen LogP contribution in [0.5, 0.6) is 5.75 Å². The number of ether oxygens (including phenoxy) is 3. The van der Waals surface area contributed by atoms with Crippen molar-refractivity contribution in [1.29, 1.82) is 0 Å². The van der Waals surface area contributed by atoms with Crippen LogP contribution in [0.25, 0.3) is 0 Å². The molecule has 2 unspecified atom stereocenters. The minimum atomic E-state index is -1.04. The summed E-state index contributed by atoms with van der Waals surface area (Å²) in [6.07, 6.45) is -0.333. The summed E-state index contributed by atoms with van der Waals surface area (Å²) in [4.78, 5) is 12.5. The van der Waals surface area contributed by atoms with Crippen LogP contribution in [0.4, 0.5) is 0 Å². The average molecular weight is 298 g/mol. The van der Waals surface area contributed by atoms with E-state index < -0.39 is 5.60 Å². The van der Waals surface area contributed by atoms with Gasteiger partial charge >= 0.3 is 5.97 Å². The fraction of sp³-hybridized carbons (Fsp3) is 0.278. The van der Waals surface area contributed by atoms with Gasteiger partial charge in [0.2, 0.25) is 5.60 Å². The lowest BCUT2D eigenvalue weighted by atomic mass is 9.92. The lowest BCUT2D eigenvalue weighted by Crippen LogP contribution is -2.25. The number of epoxide rings is 1. The summed E-state index contributed by atoms with van der Waals surface area (Å²) in [5.41, 5.74) is 0.707. The molecule has 0 N–H and O–H groups in total. The van der Waals surface area contributed by atoms with Crippen molar-refractivity contribution in [1.82, 2.24) is 0 Å². The Bertz CT molecular complexity index is 651. The molecule has 3 rings (SSSR count). The molecule has 114 valence electrons. The van der Waals surface area contributed by atoms with Gasteiger partial charge in [0.05, 0.1) is 13.7 Å². The summed E-state index contributed by atoms with van der Waals surface area (Å²) < 4.78 is 16.2. The van der Waals surface area contributed by atoms with Crippen LogP contribution in [0.3, 0.4) is 0 Å². The van der Waals surface area contributed by atoms with Gasteiger partial charge in [-0.1, -0.05) is 42.5 Å². The van der Waals surface area contributed by atoms with Crippen molar-refractivity contribution in [2.24, 2.45) is 0 Å². The van der Waals surface area contributed by atoms with Crippen molar-refractivity contribution in [3.05, 3.63) is 65.7 Å². The van der Waals surface area contributed by atoms with Gasteiger partial charge in [0.15, 0.2) is 0 Å². The highest BCUT2D eigenvalue weighted by atomic mass is 16.7. The van der Waals surface area contributed by atoms with Gasteiger partial charge in [-0.3, -0.25) is 0 Å². The summed E-state index contributed by atoms with van der Waals surface area (Å²) in [7, 11) is 1.62. The molecular formula is C18H18O4. The molecule has 0 radical (unpaired) electrons. The van der Waals surface area contributed by atoms with Crippen molar-refractivity contribution >= 4 is 5.97 Å². The van der Waals surface area contributed by atoms with E-state index in [-0.39, 0.29) is 12.1 Å². The SMILES string of the molecule is CCOC(=O)C1(c2ccccc2)OC1c1ccc(OC)cc1. The molecule has 2 aromatic carbocycles. The highest BCUT2D eigenvalue weighted by Gasteiger charge is 2.65. The smallest absolute Gasteiger partial charge is 0.346 e. The van der Waals surface area contributed by atoms with Crippen molar-refractivity contribution in [2.75, 3.05) is 13.7 Å². The van der Waals surface area contributed by atoms with E-state index in [0.717, 1.165) is 16.9 Å². The molecule has 22 heavy (non-hydrogen) atoms. The molecule has 1 saturated heterocycles. The van der Waals surface area contributed by atoms with E-state index in [2.05, 4.69) is 0 Å². The zero-order valence-electron chi connectivity index (χ0n) is 12.6. The first kappa shape index (κ1) is 14.6. The second kappa shape index (κ2) is 5.81. The molecule has 4 heteroatoms. The van der Waals surface area contributed by atoms with Crippen molar-refractivity contribution in [3.8, 4) is 5.75 Å². The van der Waals surface area contributed by atoms with Gasteiger partial charge in [-0.25, -0.2) is 4.79 Å². The van der Waals surface area contributed by atoms with E-state index in [9.17, 15) is 4.79 Å². The maximum atomic E-state index is 12.5. The first-order valence-electron chi connectivity index (χ1n) is 7.27. The Labute approximate surface area is 129 Å². The Kier molecular flexibility index (Phi) is 3.86. The van der Waals surface area contributed by atoms with Gasteiger partial charge in [-0.2, -0.15) is 0 Å². The maximum absolute atomic E-state index is 12.5. The van der Waals surface area contributed by atoms with Crippen LogP contribution in [0.1, 0.15) is 24.2 Å². The predicted molar refractivity (Wildman–Crippen MR) is 81.6 cm³/mol. The monoisotopic (exact) mass is 298 g/mol. The molecule has 4 nitrogen and oxygen atoms in total. The topological polar surface area (TPSA) is 48.1 Å². The Morgan fingerprint density at radius 2 is 1.82 bits per heavy atom. The summed E-state index contributed by atoms with van der Waals surface area (Å²) in [6.45, 7) is 2.12. The molecule has 2 aromatic rings. The van der Waals surface area contributed by atoms with Crippen LogP contribution in [0.15, 0.2) is 54.6 Å². The predicted octanol–water partition coefficient (Wildman–Crippen LogP) is 3.23. The van der Waals surface area contributed by atoms with Gasteiger partial charge in [0.1, 0.15) is 11.9 Å². The lowest BCUT2D eigenvalue weighted by Gasteiger charge is -2.12. The summed E-state index contributed by atoms with van der Waals surface area (Å²) in [5.74, 6) is 0.424. The Morgan fingerprint density at radius 1 is 1.14 bits per heavy atom. The van der Waals surface area contributed by atoms with Gasteiger partial charge in [-0.05, 0) is 30.2 Å². The van der Waals surface area contributed by atoms with Gasteiger partial charge in [0, 0.05) is 0 Å². The molecule has 0 spiro atoms. The molecule has 0 aliphatic carbocycles. The van der Waals surface area contributed by atoms with E-state index in [1.54, 1.807) is 14.0 Å². The second-order valence-corrected chi connectivity index (χ2v) is 5.09. The number of carbonyl (C=O) groups excluding carboxylic acids is 1. The fourth-order valence-electron chi connectivity index (χ4n) is 2.65. The van der Waals surface area contributed by atoms with Crippen LogP contribution in [-0.4, -0.2) is 19.7 Å². The van der Waals surface area contributed by atoms with Gasteiger partial charge in [0.25, 0.3) is 0 Å². The number of rotatable bonds is 5. The highest BCUT2D eigenvalue weighted by Crippen LogP contribution is 2.57. The largest absolute Gasteiger partial charge is 0.497 e. The van der Waals surface area contributed by atoms with Crippen LogP contribution in [0.2, 0.25) is 0 Å². The summed E-state index contributed by atoms with van der Waals surface area (Å²) in [5, 5.41) is 0. The van der Waals surface area contributed by atoms with Crippen molar-refractivity contribution in [3.63, 3.8) is 0 Å². The Balaban J connectivity index is 1.94. The summed E-state index contributed by atoms with van der Waals surface area (Å²) >= 11 is 0. The highest BCUT2D eigenvalue weighted by molar-refractivity contribution is 5.85. The van der Waals surface area contributed by atoms with Gasteiger partial charge < -0.3 is 14.2 Å². The second-order valence-electron chi connectivity index (χ2n) is 5.09. The number of carbonyl (C=O) groups is 1. The maximum Gasteiger partial charge on any atom is 0.346 e. The fourth-order valence-corrected chi connectivity index (χ4v) is 2.65. The summed E-state index contributed by atoms with van der Waals surface area (Å²) in [6, 6.07) is 17.0. The Hall–Kier alpha value is -2.33. The van der Waals surface area contributed by atoms with Crippen molar-refractivity contribution in [2.45, 2.75) is 18.6 Å². The third-order valence-corrected chi connectivity index (χ3v) is 3.82. The number of esters is 1. The molecule has 1 aliphatic rings. The molecule has 0 amide bonds. The van der Waals surface area contributed by atoms with E-state index in [0.29, 0.717) is 6.61 Å². The number of hydrogen-bond donors (Lipinski definition) is 0. The van der Waals surface area contributed by atoms with E-state index in [1.165, 1.54) is 0 Å². The standard InChI is InChI=1S/C18H18O4/c1-3-21-17(19)18(14-7-5-4-6-8-14)16(22-18)13-9-11-15(20-2)12-10-13/h4-12,16H,3H2,1-2H3. The van der Waals surface area contributed by atoms with E-state index in [1.807, 2.05) is 54.6 Å². The van der Waals surface area contributed by atoms with Crippen LogP contribution in [-0.2, 0) is 19.9 Å². The third kappa shape index (κ3) is 2.35. The normalized spacial score (nSPS) is 22.9. The molecule has 1 heterocycles. The average Bonchev–Trinajstić information content (AvgIpc) is 3.33. The lowest BCUT2D eigenvalue weighted by molar-refractivity contribution is -0.150. The van der Waals surface area contributed by atoms with E-state index >= 15 is 0 Å². The van der Waals surface area contributed by atoms with E-state index in [4.69, 9.17) is 14.2 Å².